The van der Waals surface area contributed by atoms with Crippen LogP contribution >= 0.6 is 0 Å². The SMILES string of the molecule is CC(NC(=O)C1Cc2ccccc2CN1C(=O)c1ccco1)c1ccccc1. The summed E-state index contributed by atoms with van der Waals surface area (Å²) in [4.78, 5) is 27.7. The lowest BCUT2D eigenvalue weighted by atomic mass is 9.93. The predicted octanol–water partition coefficient (Wildman–Crippen LogP) is 3.72. The Morgan fingerprint density at radius 2 is 1.71 bits per heavy atom. The van der Waals surface area contributed by atoms with Crippen molar-refractivity contribution in [2.75, 3.05) is 0 Å². The summed E-state index contributed by atoms with van der Waals surface area (Å²) >= 11 is 0. The number of carbonyl (C=O) groups is 2. The molecule has 1 N–H and O–H groups in total. The Bertz CT molecular complexity index is 967. The zero-order chi connectivity index (χ0) is 19.5. The number of hydrogen-bond donors (Lipinski definition) is 1. The predicted molar refractivity (Wildman–Crippen MR) is 106 cm³/mol. The van der Waals surface area contributed by atoms with Gasteiger partial charge in [-0.15, -0.1) is 0 Å². The molecule has 5 nitrogen and oxygen atoms in total. The Balaban J connectivity index is 1.60. The van der Waals surface area contributed by atoms with Crippen LogP contribution < -0.4 is 5.32 Å². The molecule has 1 aliphatic heterocycles. The number of rotatable bonds is 4. The third kappa shape index (κ3) is 3.56. The van der Waals surface area contributed by atoms with Crippen molar-refractivity contribution in [2.45, 2.75) is 32.0 Å². The maximum Gasteiger partial charge on any atom is 0.290 e. The Morgan fingerprint density at radius 3 is 2.43 bits per heavy atom. The van der Waals surface area contributed by atoms with Gasteiger partial charge < -0.3 is 14.6 Å². The summed E-state index contributed by atoms with van der Waals surface area (Å²) in [6.07, 6.45) is 1.95. The number of fused-ring (bicyclic) bond motifs is 1. The highest BCUT2D eigenvalue weighted by atomic mass is 16.3. The molecule has 3 aromatic rings. The monoisotopic (exact) mass is 374 g/mol. The van der Waals surface area contributed by atoms with Crippen LogP contribution in [-0.4, -0.2) is 22.8 Å². The molecule has 2 aromatic carbocycles. The standard InChI is InChI=1S/C23H22N2O3/c1-16(17-8-3-2-4-9-17)24-22(26)20-14-18-10-5-6-11-19(18)15-25(20)23(27)21-12-7-13-28-21/h2-13,16,20H,14-15H2,1H3,(H,24,26). The van der Waals surface area contributed by atoms with Gasteiger partial charge in [-0.1, -0.05) is 54.6 Å². The second kappa shape index (κ2) is 7.72. The van der Waals surface area contributed by atoms with Crippen molar-refractivity contribution in [3.63, 3.8) is 0 Å². The van der Waals surface area contributed by atoms with Crippen molar-refractivity contribution in [3.05, 3.63) is 95.4 Å². The quantitative estimate of drug-likeness (QED) is 0.757. The minimum absolute atomic E-state index is 0.147. The Kier molecular flexibility index (Phi) is 4.98. The fourth-order valence-electron chi connectivity index (χ4n) is 3.65. The van der Waals surface area contributed by atoms with Gasteiger partial charge in [-0.2, -0.15) is 0 Å². The lowest BCUT2D eigenvalue weighted by Crippen LogP contribution is -2.52. The first-order chi connectivity index (χ1) is 13.6. The van der Waals surface area contributed by atoms with E-state index in [4.69, 9.17) is 4.42 Å². The summed E-state index contributed by atoms with van der Waals surface area (Å²) in [6, 6.07) is 20.3. The van der Waals surface area contributed by atoms with Crippen molar-refractivity contribution in [1.29, 1.82) is 0 Å². The van der Waals surface area contributed by atoms with Crippen molar-refractivity contribution in [1.82, 2.24) is 10.2 Å². The molecule has 2 atom stereocenters. The first kappa shape index (κ1) is 18.0. The minimum atomic E-state index is -0.585. The smallest absolute Gasteiger partial charge is 0.290 e. The molecule has 4 rings (SSSR count). The van der Waals surface area contributed by atoms with Gasteiger partial charge >= 0.3 is 0 Å². The molecule has 2 heterocycles. The lowest BCUT2D eigenvalue weighted by Gasteiger charge is -2.36. The molecule has 2 amide bonds. The van der Waals surface area contributed by atoms with E-state index in [1.54, 1.807) is 17.0 Å². The van der Waals surface area contributed by atoms with Crippen LogP contribution in [0.5, 0.6) is 0 Å². The van der Waals surface area contributed by atoms with E-state index in [1.165, 1.54) is 6.26 Å². The molecule has 28 heavy (non-hydrogen) atoms. The number of amides is 2. The van der Waals surface area contributed by atoms with Gasteiger partial charge in [0.15, 0.2) is 5.76 Å². The van der Waals surface area contributed by atoms with Crippen LogP contribution in [0.25, 0.3) is 0 Å². The number of furan rings is 1. The number of nitrogens with one attached hydrogen (secondary N) is 1. The molecule has 1 aliphatic rings. The van der Waals surface area contributed by atoms with Gasteiger partial charge in [-0.05, 0) is 35.7 Å². The van der Waals surface area contributed by atoms with Gasteiger partial charge in [-0.3, -0.25) is 9.59 Å². The van der Waals surface area contributed by atoms with E-state index in [9.17, 15) is 9.59 Å². The van der Waals surface area contributed by atoms with Gasteiger partial charge in [0.1, 0.15) is 6.04 Å². The first-order valence-corrected chi connectivity index (χ1v) is 9.40. The molecule has 142 valence electrons. The topological polar surface area (TPSA) is 62.6 Å². The average Bonchev–Trinajstić information content (AvgIpc) is 3.27. The molecule has 0 radical (unpaired) electrons. The molecule has 5 heteroatoms. The highest BCUT2D eigenvalue weighted by molar-refractivity contribution is 5.96. The fourth-order valence-corrected chi connectivity index (χ4v) is 3.65. The number of carbonyl (C=O) groups excluding carboxylic acids is 2. The molecule has 0 saturated heterocycles. The maximum atomic E-state index is 13.1. The third-order valence-electron chi connectivity index (χ3n) is 5.20. The van der Waals surface area contributed by atoms with E-state index in [1.807, 2.05) is 61.5 Å². The van der Waals surface area contributed by atoms with E-state index >= 15 is 0 Å². The van der Waals surface area contributed by atoms with Gasteiger partial charge in [0.2, 0.25) is 5.91 Å². The van der Waals surface area contributed by atoms with Crippen LogP contribution in [-0.2, 0) is 17.8 Å². The van der Waals surface area contributed by atoms with E-state index in [2.05, 4.69) is 5.32 Å². The van der Waals surface area contributed by atoms with Crippen LogP contribution in [0.2, 0.25) is 0 Å². The molecule has 0 spiro atoms. The summed E-state index contributed by atoms with van der Waals surface area (Å²) < 4.78 is 5.29. The largest absolute Gasteiger partial charge is 0.459 e. The van der Waals surface area contributed by atoms with Crippen molar-refractivity contribution >= 4 is 11.8 Å². The van der Waals surface area contributed by atoms with Gasteiger partial charge in [0, 0.05) is 13.0 Å². The second-order valence-corrected chi connectivity index (χ2v) is 7.04. The molecule has 0 bridgehead atoms. The maximum absolute atomic E-state index is 13.1. The van der Waals surface area contributed by atoms with Gasteiger partial charge in [0.05, 0.1) is 12.3 Å². The number of hydrogen-bond acceptors (Lipinski definition) is 3. The normalized spacial score (nSPS) is 16.9. The van der Waals surface area contributed by atoms with E-state index < -0.39 is 6.04 Å². The van der Waals surface area contributed by atoms with Crippen molar-refractivity contribution in [2.24, 2.45) is 0 Å². The van der Waals surface area contributed by atoms with Crippen molar-refractivity contribution < 1.29 is 14.0 Å². The summed E-state index contributed by atoms with van der Waals surface area (Å²) in [5, 5.41) is 3.06. The van der Waals surface area contributed by atoms with E-state index in [0.29, 0.717) is 13.0 Å². The molecule has 1 aromatic heterocycles. The van der Waals surface area contributed by atoms with Crippen LogP contribution in [0.3, 0.4) is 0 Å². The van der Waals surface area contributed by atoms with Gasteiger partial charge in [0.25, 0.3) is 5.91 Å². The minimum Gasteiger partial charge on any atom is -0.459 e. The highest BCUT2D eigenvalue weighted by Gasteiger charge is 2.36. The third-order valence-corrected chi connectivity index (χ3v) is 5.20. The fraction of sp³-hybridized carbons (Fsp3) is 0.217. The summed E-state index contributed by atoms with van der Waals surface area (Å²) in [6.45, 7) is 2.33. The second-order valence-electron chi connectivity index (χ2n) is 7.04. The van der Waals surface area contributed by atoms with E-state index in [0.717, 1.165) is 16.7 Å². The molecule has 0 fully saturated rings. The van der Waals surface area contributed by atoms with Crippen molar-refractivity contribution in [3.8, 4) is 0 Å². The summed E-state index contributed by atoms with van der Waals surface area (Å²) in [5.41, 5.74) is 3.18. The van der Waals surface area contributed by atoms with Crippen LogP contribution in [0.1, 0.15) is 40.2 Å². The number of nitrogens with zero attached hydrogens (tertiary/aromatic N) is 1. The molecular weight excluding hydrogens is 352 g/mol. The van der Waals surface area contributed by atoms with Crippen LogP contribution in [0, 0.1) is 0 Å². The van der Waals surface area contributed by atoms with Gasteiger partial charge in [-0.25, -0.2) is 0 Å². The molecule has 0 saturated carbocycles. The average molecular weight is 374 g/mol. The highest BCUT2D eigenvalue weighted by Crippen LogP contribution is 2.26. The van der Waals surface area contributed by atoms with E-state index in [-0.39, 0.29) is 23.6 Å². The zero-order valence-electron chi connectivity index (χ0n) is 15.7. The lowest BCUT2D eigenvalue weighted by molar-refractivity contribution is -0.126. The van der Waals surface area contributed by atoms with Crippen LogP contribution in [0.15, 0.2) is 77.4 Å². The number of benzene rings is 2. The Morgan fingerprint density at radius 1 is 1.00 bits per heavy atom. The molecular formula is C23H22N2O3. The molecule has 2 unspecified atom stereocenters. The Labute approximate surface area is 164 Å². The summed E-state index contributed by atoms with van der Waals surface area (Å²) in [5.74, 6) is -0.189. The first-order valence-electron chi connectivity index (χ1n) is 9.40. The van der Waals surface area contributed by atoms with Crippen LogP contribution in [0.4, 0.5) is 0 Å². The Hall–Kier alpha value is -3.34. The molecule has 0 aliphatic carbocycles. The summed E-state index contributed by atoms with van der Waals surface area (Å²) in [7, 11) is 0. The zero-order valence-corrected chi connectivity index (χ0v) is 15.7.